The van der Waals surface area contributed by atoms with Crippen LogP contribution in [0.2, 0.25) is 0 Å². The molecular weight excluding hydrogens is 216 g/mol. The molecule has 96 valence electrons. The normalized spacial score (nSPS) is 24.0. The Bertz CT molecular complexity index is 437. The van der Waals surface area contributed by atoms with Crippen molar-refractivity contribution in [2.75, 3.05) is 0 Å². The molecule has 0 aliphatic heterocycles. The summed E-state index contributed by atoms with van der Waals surface area (Å²) in [7, 11) is 0. The number of allylic oxidation sites excluding steroid dienone is 12. The molecule has 2 rings (SSSR count). The van der Waals surface area contributed by atoms with Crippen molar-refractivity contribution in [3.8, 4) is 0 Å². The van der Waals surface area contributed by atoms with Crippen LogP contribution in [0.15, 0.2) is 71.4 Å². The average molecular weight is 240 g/mol. The largest absolute Gasteiger partial charge is 0.0877 e. The van der Waals surface area contributed by atoms with Gasteiger partial charge in [0.1, 0.15) is 0 Å². The van der Waals surface area contributed by atoms with Gasteiger partial charge in [-0.2, -0.15) is 0 Å². The highest BCUT2D eigenvalue weighted by Crippen LogP contribution is 2.32. The zero-order valence-corrected chi connectivity index (χ0v) is 12.0. The van der Waals surface area contributed by atoms with Crippen molar-refractivity contribution in [3.63, 3.8) is 0 Å². The Labute approximate surface area is 112 Å². The second-order valence-corrected chi connectivity index (χ2v) is 4.21. The summed E-state index contributed by atoms with van der Waals surface area (Å²) in [4.78, 5) is 0. The van der Waals surface area contributed by atoms with E-state index in [9.17, 15) is 0 Å². The molecule has 0 aromatic heterocycles. The van der Waals surface area contributed by atoms with Crippen molar-refractivity contribution in [2.24, 2.45) is 5.92 Å². The zero-order chi connectivity index (χ0) is 13.4. The summed E-state index contributed by atoms with van der Waals surface area (Å²) in [6, 6.07) is 0. The summed E-state index contributed by atoms with van der Waals surface area (Å²) in [5.74, 6) is 0.506. The Kier molecular flexibility index (Phi) is 6.21. The maximum Gasteiger partial charge on any atom is -0.0000956 e. The van der Waals surface area contributed by atoms with Gasteiger partial charge in [-0.25, -0.2) is 0 Å². The van der Waals surface area contributed by atoms with Gasteiger partial charge in [0, 0.05) is 0 Å². The topological polar surface area (TPSA) is 0 Å². The fourth-order valence-corrected chi connectivity index (χ4v) is 2.09. The Morgan fingerprint density at radius 3 is 2.56 bits per heavy atom. The number of rotatable bonds is 1. The van der Waals surface area contributed by atoms with Crippen molar-refractivity contribution < 1.29 is 0 Å². The van der Waals surface area contributed by atoms with Gasteiger partial charge >= 0.3 is 0 Å². The summed E-state index contributed by atoms with van der Waals surface area (Å²) in [6.07, 6.45) is 20.9. The summed E-state index contributed by atoms with van der Waals surface area (Å²) in [6.45, 7) is 8.30. The molecule has 18 heavy (non-hydrogen) atoms. The van der Waals surface area contributed by atoms with E-state index < -0.39 is 0 Å². The van der Waals surface area contributed by atoms with E-state index in [2.05, 4.69) is 68.5 Å². The molecular formula is C18H24. The Morgan fingerprint density at radius 2 is 1.83 bits per heavy atom. The maximum absolute atomic E-state index is 2.28. The highest BCUT2D eigenvalue weighted by molar-refractivity contribution is 5.57. The molecule has 2 aliphatic rings. The van der Waals surface area contributed by atoms with Gasteiger partial charge in [0.15, 0.2) is 0 Å². The van der Waals surface area contributed by atoms with Crippen LogP contribution in [0.5, 0.6) is 0 Å². The fourth-order valence-electron chi connectivity index (χ4n) is 2.09. The third-order valence-corrected chi connectivity index (χ3v) is 3.00. The van der Waals surface area contributed by atoms with Crippen molar-refractivity contribution in [3.05, 3.63) is 71.4 Å². The smallest absolute Gasteiger partial charge is 0.0000956 e. The molecule has 0 fully saturated rings. The average Bonchev–Trinajstić information content (AvgIpc) is 2.65. The van der Waals surface area contributed by atoms with Gasteiger partial charge in [-0.15, -0.1) is 0 Å². The Morgan fingerprint density at radius 1 is 1.11 bits per heavy atom. The third kappa shape index (κ3) is 3.46. The van der Waals surface area contributed by atoms with Crippen LogP contribution < -0.4 is 0 Å². The van der Waals surface area contributed by atoms with Gasteiger partial charge in [-0.1, -0.05) is 75.5 Å². The second-order valence-electron chi connectivity index (χ2n) is 4.21. The van der Waals surface area contributed by atoms with Gasteiger partial charge in [-0.3, -0.25) is 0 Å². The van der Waals surface area contributed by atoms with Gasteiger partial charge in [0.05, 0.1) is 0 Å². The molecule has 2 aliphatic carbocycles. The molecule has 0 saturated carbocycles. The minimum atomic E-state index is 0.506. The molecule has 0 saturated heterocycles. The first-order chi connectivity index (χ1) is 8.83. The number of hydrogen-bond acceptors (Lipinski definition) is 0. The van der Waals surface area contributed by atoms with E-state index in [4.69, 9.17) is 0 Å². The standard InChI is InChI=1S/C16H18.C2H6/c1-3-4-9-15-13(2)11-12-14-8-6-5-7-10-16(14)15;1-2/h3-4,6-13H,5H2,1-2H3;1-2H3/b4-3-,15-9+;. The number of hydrogen-bond donors (Lipinski definition) is 0. The lowest BCUT2D eigenvalue weighted by molar-refractivity contribution is 0.866. The van der Waals surface area contributed by atoms with Crippen LogP contribution in [0.3, 0.4) is 0 Å². The van der Waals surface area contributed by atoms with Crippen LogP contribution in [0.25, 0.3) is 0 Å². The molecule has 1 atom stereocenters. The quantitative estimate of drug-likeness (QED) is 0.565. The molecule has 0 N–H and O–H groups in total. The Hall–Kier alpha value is -1.56. The van der Waals surface area contributed by atoms with Crippen molar-refractivity contribution >= 4 is 0 Å². The Balaban J connectivity index is 0.000000771. The van der Waals surface area contributed by atoms with E-state index in [1.807, 2.05) is 13.8 Å². The SMILES string of the molecule is C/C=C\C=C1\C2=C(C=CCC=C2)C=CC1C.CC. The van der Waals surface area contributed by atoms with E-state index in [0.717, 1.165) is 6.42 Å². The first-order valence-electron chi connectivity index (χ1n) is 6.91. The van der Waals surface area contributed by atoms with Crippen LogP contribution in [0.4, 0.5) is 0 Å². The molecule has 0 aromatic carbocycles. The van der Waals surface area contributed by atoms with E-state index in [-0.39, 0.29) is 0 Å². The molecule has 0 heterocycles. The monoisotopic (exact) mass is 240 g/mol. The molecule has 0 aromatic rings. The van der Waals surface area contributed by atoms with E-state index in [0.29, 0.717) is 5.92 Å². The summed E-state index contributed by atoms with van der Waals surface area (Å²) in [5, 5.41) is 0. The first kappa shape index (κ1) is 14.5. The van der Waals surface area contributed by atoms with Gasteiger partial charge in [0.2, 0.25) is 0 Å². The zero-order valence-electron chi connectivity index (χ0n) is 12.0. The highest BCUT2D eigenvalue weighted by atomic mass is 14.2. The van der Waals surface area contributed by atoms with Crippen LogP contribution in [-0.4, -0.2) is 0 Å². The molecule has 0 radical (unpaired) electrons. The van der Waals surface area contributed by atoms with Crippen molar-refractivity contribution in [1.82, 2.24) is 0 Å². The molecule has 0 nitrogen and oxygen atoms in total. The summed E-state index contributed by atoms with van der Waals surface area (Å²) < 4.78 is 0. The van der Waals surface area contributed by atoms with Gasteiger partial charge < -0.3 is 0 Å². The summed E-state index contributed by atoms with van der Waals surface area (Å²) in [5.41, 5.74) is 4.13. The van der Waals surface area contributed by atoms with Crippen LogP contribution in [0, 0.1) is 5.92 Å². The minimum Gasteiger partial charge on any atom is -0.0877 e. The lowest BCUT2D eigenvalue weighted by Gasteiger charge is -2.20. The molecule has 0 spiro atoms. The van der Waals surface area contributed by atoms with E-state index in [1.165, 1.54) is 16.7 Å². The van der Waals surface area contributed by atoms with E-state index in [1.54, 1.807) is 0 Å². The van der Waals surface area contributed by atoms with Crippen LogP contribution in [0.1, 0.15) is 34.1 Å². The lowest BCUT2D eigenvalue weighted by Crippen LogP contribution is -2.04. The minimum absolute atomic E-state index is 0.506. The second kappa shape index (κ2) is 7.71. The molecule has 0 bridgehead atoms. The third-order valence-electron chi connectivity index (χ3n) is 3.00. The maximum atomic E-state index is 2.28. The van der Waals surface area contributed by atoms with Crippen LogP contribution >= 0.6 is 0 Å². The van der Waals surface area contributed by atoms with Crippen LogP contribution in [-0.2, 0) is 0 Å². The van der Waals surface area contributed by atoms with E-state index >= 15 is 0 Å². The predicted molar refractivity (Wildman–Crippen MR) is 82.5 cm³/mol. The molecule has 0 amide bonds. The molecule has 1 unspecified atom stereocenters. The van der Waals surface area contributed by atoms with Gasteiger partial charge in [-0.05, 0) is 36.0 Å². The lowest BCUT2D eigenvalue weighted by atomic mass is 9.85. The first-order valence-corrected chi connectivity index (χ1v) is 6.91. The van der Waals surface area contributed by atoms with Crippen molar-refractivity contribution in [1.29, 1.82) is 0 Å². The fraction of sp³-hybridized carbons (Fsp3) is 0.333. The highest BCUT2D eigenvalue weighted by Gasteiger charge is 2.15. The van der Waals surface area contributed by atoms with Gasteiger partial charge in [0.25, 0.3) is 0 Å². The molecule has 0 heteroatoms. The predicted octanol–water partition coefficient (Wildman–Crippen LogP) is 5.53. The summed E-state index contributed by atoms with van der Waals surface area (Å²) >= 11 is 0. The van der Waals surface area contributed by atoms with Crippen molar-refractivity contribution in [2.45, 2.75) is 34.1 Å².